The molecule has 8 heavy (non-hydrogen) atoms. The molecule has 0 spiro atoms. The van der Waals surface area contributed by atoms with Crippen LogP contribution in [-0.2, 0) is 0 Å². The SMILES string of the molecule is CN.Cl.FCC(F)F. The van der Waals surface area contributed by atoms with E-state index in [1.54, 1.807) is 0 Å². The fraction of sp³-hybridized carbons (Fsp3) is 1.00. The first-order valence-electron chi connectivity index (χ1n) is 1.69. The Bertz CT molecular complexity index is 28.5. The fourth-order valence-electron chi connectivity index (χ4n) is 0. The van der Waals surface area contributed by atoms with E-state index in [0.717, 1.165) is 0 Å². The molecule has 0 fully saturated rings. The van der Waals surface area contributed by atoms with Gasteiger partial charge in [-0.15, -0.1) is 12.4 Å². The third-order valence-corrected chi connectivity index (χ3v) is 0.117. The van der Waals surface area contributed by atoms with Crippen LogP contribution in [0.2, 0.25) is 0 Å². The van der Waals surface area contributed by atoms with E-state index < -0.39 is 13.1 Å². The van der Waals surface area contributed by atoms with Gasteiger partial charge in [0.25, 0.3) is 6.43 Å². The van der Waals surface area contributed by atoms with Gasteiger partial charge >= 0.3 is 0 Å². The van der Waals surface area contributed by atoms with Crippen molar-refractivity contribution in [2.75, 3.05) is 13.7 Å². The molecule has 2 N–H and O–H groups in total. The minimum absolute atomic E-state index is 0. The molecule has 5 heteroatoms. The molecular weight excluding hydrogens is 142 g/mol. The van der Waals surface area contributed by atoms with Gasteiger partial charge in [0, 0.05) is 0 Å². The van der Waals surface area contributed by atoms with E-state index in [4.69, 9.17) is 0 Å². The van der Waals surface area contributed by atoms with Crippen LogP contribution >= 0.6 is 12.4 Å². The van der Waals surface area contributed by atoms with Crippen molar-refractivity contribution in [1.29, 1.82) is 0 Å². The molecule has 0 radical (unpaired) electrons. The topological polar surface area (TPSA) is 26.0 Å². The molecule has 0 amide bonds. The zero-order valence-electron chi connectivity index (χ0n) is 4.40. The Morgan fingerprint density at radius 3 is 1.50 bits per heavy atom. The van der Waals surface area contributed by atoms with Gasteiger partial charge in [-0.25, -0.2) is 13.2 Å². The molecule has 0 aliphatic carbocycles. The van der Waals surface area contributed by atoms with Crippen LogP contribution < -0.4 is 5.73 Å². The molecule has 0 aromatic heterocycles. The third kappa shape index (κ3) is 36.9. The van der Waals surface area contributed by atoms with E-state index in [1.165, 1.54) is 7.05 Å². The van der Waals surface area contributed by atoms with E-state index in [1.807, 2.05) is 0 Å². The first kappa shape index (κ1) is 15.7. The molecule has 0 aliphatic rings. The molecule has 0 aliphatic heterocycles. The predicted octanol–water partition coefficient (Wildman–Crippen LogP) is 1.22. The summed E-state index contributed by atoms with van der Waals surface area (Å²) in [4.78, 5) is 0. The minimum atomic E-state index is -2.78. The number of hydrogen-bond donors (Lipinski definition) is 1. The molecule has 0 aromatic rings. The van der Waals surface area contributed by atoms with Crippen LogP contribution in [0.1, 0.15) is 0 Å². The Morgan fingerprint density at radius 2 is 1.50 bits per heavy atom. The lowest BCUT2D eigenvalue weighted by atomic mass is 10.8. The maximum atomic E-state index is 10.4. The summed E-state index contributed by atoms with van der Waals surface area (Å²) in [6.45, 7) is -1.53. The monoisotopic (exact) mass is 151 g/mol. The van der Waals surface area contributed by atoms with Crippen molar-refractivity contribution in [3.63, 3.8) is 0 Å². The third-order valence-electron chi connectivity index (χ3n) is 0.117. The molecule has 0 aromatic carbocycles. The molecular formula is C3H9ClF3N. The van der Waals surface area contributed by atoms with Crippen LogP contribution in [0.25, 0.3) is 0 Å². The van der Waals surface area contributed by atoms with Gasteiger partial charge in [0.2, 0.25) is 0 Å². The largest absolute Gasteiger partial charge is 0.333 e. The summed E-state index contributed by atoms with van der Waals surface area (Å²) < 4.78 is 31.1. The van der Waals surface area contributed by atoms with Crippen LogP contribution in [0.3, 0.4) is 0 Å². The Hall–Kier alpha value is 0.0400. The zero-order valence-corrected chi connectivity index (χ0v) is 5.22. The molecule has 0 heterocycles. The van der Waals surface area contributed by atoms with E-state index in [2.05, 4.69) is 5.73 Å². The predicted molar refractivity (Wildman–Crippen MR) is 29.3 cm³/mol. The Balaban J connectivity index is -0.0000000750. The summed E-state index contributed by atoms with van der Waals surface area (Å²) in [6.07, 6.45) is -2.78. The van der Waals surface area contributed by atoms with Gasteiger partial charge in [0.1, 0.15) is 0 Å². The fourth-order valence-corrected chi connectivity index (χ4v) is 0. The Labute approximate surface area is 52.5 Å². The normalized spacial score (nSPS) is 6.75. The van der Waals surface area contributed by atoms with E-state index in [9.17, 15) is 13.2 Å². The number of alkyl halides is 3. The summed E-state index contributed by atoms with van der Waals surface area (Å²) in [5, 5.41) is 0. The van der Waals surface area contributed by atoms with Crippen LogP contribution in [0.15, 0.2) is 0 Å². The van der Waals surface area contributed by atoms with Crippen LogP contribution in [0.5, 0.6) is 0 Å². The highest BCUT2D eigenvalue weighted by atomic mass is 35.5. The van der Waals surface area contributed by atoms with Gasteiger partial charge in [-0.05, 0) is 7.05 Å². The van der Waals surface area contributed by atoms with Crippen molar-refractivity contribution in [2.24, 2.45) is 5.73 Å². The van der Waals surface area contributed by atoms with Gasteiger partial charge in [0.15, 0.2) is 6.67 Å². The van der Waals surface area contributed by atoms with E-state index in [-0.39, 0.29) is 12.4 Å². The number of hydrogen-bond acceptors (Lipinski definition) is 1. The highest BCUT2D eigenvalue weighted by Crippen LogP contribution is 1.88. The smallest absolute Gasteiger partial charge is 0.266 e. The van der Waals surface area contributed by atoms with Crippen LogP contribution in [0, 0.1) is 0 Å². The van der Waals surface area contributed by atoms with Gasteiger partial charge in [-0.3, -0.25) is 0 Å². The second kappa shape index (κ2) is 15.7. The summed E-state index contributed by atoms with van der Waals surface area (Å²) in [5.74, 6) is 0. The molecule has 0 atom stereocenters. The summed E-state index contributed by atoms with van der Waals surface area (Å²) in [6, 6.07) is 0. The maximum absolute atomic E-state index is 10.4. The summed E-state index contributed by atoms with van der Waals surface area (Å²) in [5.41, 5.74) is 4.50. The summed E-state index contributed by atoms with van der Waals surface area (Å²) >= 11 is 0. The molecule has 0 rings (SSSR count). The molecule has 0 bridgehead atoms. The molecule has 54 valence electrons. The first-order valence-corrected chi connectivity index (χ1v) is 1.69. The quantitative estimate of drug-likeness (QED) is 0.599. The Kier molecular flexibility index (Phi) is 30.9. The van der Waals surface area contributed by atoms with Gasteiger partial charge in [-0.2, -0.15) is 0 Å². The van der Waals surface area contributed by atoms with Gasteiger partial charge in [0.05, 0.1) is 0 Å². The average Bonchev–Trinajstić information content (AvgIpc) is 1.73. The van der Waals surface area contributed by atoms with Gasteiger partial charge < -0.3 is 5.73 Å². The maximum Gasteiger partial charge on any atom is 0.266 e. The zero-order chi connectivity index (χ0) is 6.28. The lowest BCUT2D eigenvalue weighted by Gasteiger charge is -1.78. The average molecular weight is 152 g/mol. The second-order valence-corrected chi connectivity index (χ2v) is 0.545. The van der Waals surface area contributed by atoms with Gasteiger partial charge in [-0.1, -0.05) is 0 Å². The second-order valence-electron chi connectivity index (χ2n) is 0.545. The first-order chi connectivity index (χ1) is 3.27. The Morgan fingerprint density at radius 1 is 1.38 bits per heavy atom. The number of nitrogens with two attached hydrogens (primary N) is 1. The highest BCUT2D eigenvalue weighted by molar-refractivity contribution is 5.85. The van der Waals surface area contributed by atoms with Crippen LogP contribution in [-0.4, -0.2) is 20.1 Å². The van der Waals surface area contributed by atoms with E-state index >= 15 is 0 Å². The van der Waals surface area contributed by atoms with Crippen molar-refractivity contribution in [1.82, 2.24) is 0 Å². The number of rotatable bonds is 1. The molecule has 0 saturated carbocycles. The van der Waals surface area contributed by atoms with Crippen LogP contribution in [0.4, 0.5) is 13.2 Å². The van der Waals surface area contributed by atoms with Crippen molar-refractivity contribution in [3.8, 4) is 0 Å². The standard InChI is InChI=1S/C2H3F3.CH5N.ClH/c3-1-2(4)5;1-2;/h2H,1H2;2H2,1H3;1H. The molecule has 0 saturated heterocycles. The van der Waals surface area contributed by atoms with Crippen molar-refractivity contribution in [3.05, 3.63) is 0 Å². The van der Waals surface area contributed by atoms with Crippen molar-refractivity contribution in [2.45, 2.75) is 6.43 Å². The summed E-state index contributed by atoms with van der Waals surface area (Å²) in [7, 11) is 1.50. The lowest BCUT2D eigenvalue weighted by molar-refractivity contribution is 0.113. The van der Waals surface area contributed by atoms with Crippen molar-refractivity contribution >= 4 is 12.4 Å². The lowest BCUT2D eigenvalue weighted by Crippen LogP contribution is -1.88. The molecule has 0 unspecified atom stereocenters. The molecule has 1 nitrogen and oxygen atoms in total. The minimum Gasteiger partial charge on any atom is -0.333 e. The van der Waals surface area contributed by atoms with E-state index in [0.29, 0.717) is 0 Å². The highest BCUT2D eigenvalue weighted by Gasteiger charge is 1.95. The number of halogens is 4. The van der Waals surface area contributed by atoms with Crippen molar-refractivity contribution < 1.29 is 13.2 Å².